The van der Waals surface area contributed by atoms with E-state index in [1.54, 1.807) is 36.4 Å². The average molecular weight is 319 g/mol. The molecule has 4 nitrogen and oxygen atoms in total. The largest absolute Gasteiger partial charge is 0.449 e. The van der Waals surface area contributed by atoms with E-state index in [4.69, 9.17) is 16.0 Å². The van der Waals surface area contributed by atoms with Crippen LogP contribution in [0.2, 0.25) is 5.02 Å². The van der Waals surface area contributed by atoms with Crippen molar-refractivity contribution < 1.29 is 9.21 Å². The number of thiazole rings is 1. The summed E-state index contributed by atoms with van der Waals surface area (Å²) < 4.78 is 5.55. The number of halogens is 1. The minimum atomic E-state index is -0.346. The van der Waals surface area contributed by atoms with Crippen molar-refractivity contribution in [3.8, 4) is 11.5 Å². The number of aryl methyl sites for hydroxylation is 1. The minimum Gasteiger partial charge on any atom is -0.449 e. The molecule has 3 rings (SSSR count). The fourth-order valence-electron chi connectivity index (χ4n) is 1.82. The van der Waals surface area contributed by atoms with Crippen LogP contribution in [0.3, 0.4) is 0 Å². The molecule has 0 atom stereocenters. The number of rotatable bonds is 3. The number of nitrogens with zero attached hydrogens (tertiary/aromatic N) is 1. The molecule has 0 spiro atoms. The van der Waals surface area contributed by atoms with E-state index in [9.17, 15) is 4.79 Å². The van der Waals surface area contributed by atoms with E-state index in [0.717, 1.165) is 10.7 Å². The Balaban J connectivity index is 1.80. The molecule has 1 aromatic carbocycles. The van der Waals surface area contributed by atoms with E-state index in [1.165, 1.54) is 11.3 Å². The highest BCUT2D eigenvalue weighted by molar-refractivity contribution is 7.09. The highest BCUT2D eigenvalue weighted by Gasteiger charge is 2.14. The monoisotopic (exact) mass is 318 g/mol. The normalized spacial score (nSPS) is 10.6. The molecule has 0 saturated carbocycles. The van der Waals surface area contributed by atoms with Crippen LogP contribution in [0.15, 0.2) is 46.2 Å². The fraction of sp³-hybridized carbons (Fsp3) is 0.0667. The van der Waals surface area contributed by atoms with Gasteiger partial charge >= 0.3 is 0 Å². The second kappa shape index (κ2) is 5.71. The Morgan fingerprint density at radius 1 is 1.29 bits per heavy atom. The van der Waals surface area contributed by atoms with Gasteiger partial charge in [-0.3, -0.25) is 4.79 Å². The number of benzene rings is 1. The molecule has 2 aromatic heterocycles. The molecule has 3 aromatic rings. The summed E-state index contributed by atoms with van der Waals surface area (Å²) in [6, 6.07) is 10.4. The Bertz CT molecular complexity index is 794. The molecular formula is C15H11ClN2O2S. The van der Waals surface area contributed by atoms with E-state index in [0.29, 0.717) is 16.5 Å². The molecule has 0 radical (unpaired) electrons. The van der Waals surface area contributed by atoms with Gasteiger partial charge in [0.1, 0.15) is 5.69 Å². The molecule has 1 N–H and O–H groups in total. The van der Waals surface area contributed by atoms with E-state index < -0.39 is 0 Å². The van der Waals surface area contributed by atoms with Crippen LogP contribution < -0.4 is 5.32 Å². The predicted octanol–water partition coefficient (Wildman–Crippen LogP) is 4.62. The lowest BCUT2D eigenvalue weighted by molar-refractivity contribution is 0.0997. The number of hydrogen-bond donors (Lipinski definition) is 1. The Hall–Kier alpha value is -2.11. The first-order valence-electron chi connectivity index (χ1n) is 6.22. The van der Waals surface area contributed by atoms with Crippen LogP contribution in [-0.4, -0.2) is 10.9 Å². The van der Waals surface area contributed by atoms with E-state index in [2.05, 4.69) is 10.3 Å². The Morgan fingerprint density at radius 2 is 2.10 bits per heavy atom. The third kappa shape index (κ3) is 2.99. The van der Waals surface area contributed by atoms with Crippen LogP contribution in [0.5, 0.6) is 0 Å². The van der Waals surface area contributed by atoms with Crippen LogP contribution in [0.4, 0.5) is 5.69 Å². The molecule has 0 unspecified atom stereocenters. The summed E-state index contributed by atoms with van der Waals surface area (Å²) in [6.45, 7) is 1.92. The van der Waals surface area contributed by atoms with Crippen LogP contribution in [0, 0.1) is 6.92 Å². The fourth-order valence-corrected chi connectivity index (χ4v) is 2.61. The molecule has 6 heteroatoms. The van der Waals surface area contributed by atoms with Crippen molar-refractivity contribution in [1.82, 2.24) is 4.98 Å². The van der Waals surface area contributed by atoms with Gasteiger partial charge in [-0.25, -0.2) is 4.98 Å². The summed E-state index contributed by atoms with van der Waals surface area (Å²) >= 11 is 7.54. The van der Waals surface area contributed by atoms with Crippen molar-refractivity contribution in [1.29, 1.82) is 0 Å². The number of anilines is 1. The van der Waals surface area contributed by atoms with Crippen molar-refractivity contribution in [3.63, 3.8) is 0 Å². The van der Waals surface area contributed by atoms with Gasteiger partial charge in [-0.05, 0) is 31.2 Å². The number of carbonyl (C=O) groups excluding carboxylic acids is 1. The summed E-state index contributed by atoms with van der Waals surface area (Å²) in [5, 5.41) is 6.03. The van der Waals surface area contributed by atoms with Crippen LogP contribution in [0.25, 0.3) is 11.5 Å². The first kappa shape index (κ1) is 13.9. The van der Waals surface area contributed by atoms with Gasteiger partial charge in [-0.1, -0.05) is 23.7 Å². The zero-order chi connectivity index (χ0) is 14.8. The maximum Gasteiger partial charge on any atom is 0.291 e. The minimum absolute atomic E-state index is 0.218. The summed E-state index contributed by atoms with van der Waals surface area (Å²) in [5.41, 5.74) is 1.28. The van der Waals surface area contributed by atoms with Gasteiger partial charge in [-0.2, -0.15) is 0 Å². The van der Waals surface area contributed by atoms with E-state index >= 15 is 0 Å². The molecule has 0 saturated heterocycles. The summed E-state index contributed by atoms with van der Waals surface area (Å²) in [6.07, 6.45) is 0. The Labute approximate surface area is 130 Å². The number of nitrogens with one attached hydrogen (secondary N) is 1. The number of para-hydroxylation sites is 1. The lowest BCUT2D eigenvalue weighted by Crippen LogP contribution is -2.11. The average Bonchev–Trinajstić information content (AvgIpc) is 3.10. The highest BCUT2D eigenvalue weighted by atomic mass is 35.5. The molecule has 2 heterocycles. The van der Waals surface area contributed by atoms with Gasteiger partial charge in [0.05, 0.1) is 15.7 Å². The van der Waals surface area contributed by atoms with Crippen LogP contribution in [-0.2, 0) is 0 Å². The zero-order valence-electron chi connectivity index (χ0n) is 11.1. The number of carbonyl (C=O) groups is 1. The topological polar surface area (TPSA) is 55.1 Å². The van der Waals surface area contributed by atoms with Gasteiger partial charge in [0.15, 0.2) is 11.5 Å². The second-order valence-electron chi connectivity index (χ2n) is 4.35. The Morgan fingerprint density at radius 3 is 2.81 bits per heavy atom. The van der Waals surface area contributed by atoms with Gasteiger partial charge < -0.3 is 9.73 Å². The van der Waals surface area contributed by atoms with E-state index in [1.807, 2.05) is 12.3 Å². The first-order chi connectivity index (χ1) is 10.1. The second-order valence-corrected chi connectivity index (χ2v) is 5.82. The highest BCUT2D eigenvalue weighted by Crippen LogP contribution is 2.25. The molecule has 0 aliphatic heterocycles. The molecule has 0 aliphatic rings. The van der Waals surface area contributed by atoms with Gasteiger partial charge in [0, 0.05) is 5.38 Å². The quantitative estimate of drug-likeness (QED) is 0.766. The Kier molecular flexibility index (Phi) is 3.77. The third-order valence-corrected chi connectivity index (χ3v) is 3.93. The molecule has 0 fully saturated rings. The van der Waals surface area contributed by atoms with Gasteiger partial charge in [0.25, 0.3) is 5.91 Å². The zero-order valence-corrected chi connectivity index (χ0v) is 12.7. The lowest BCUT2D eigenvalue weighted by Gasteiger charge is -2.04. The van der Waals surface area contributed by atoms with Crippen molar-refractivity contribution in [3.05, 3.63) is 57.6 Å². The van der Waals surface area contributed by atoms with Gasteiger partial charge in [-0.15, -0.1) is 11.3 Å². The smallest absolute Gasteiger partial charge is 0.291 e. The predicted molar refractivity (Wildman–Crippen MR) is 84.0 cm³/mol. The lowest BCUT2D eigenvalue weighted by atomic mass is 10.3. The number of aromatic nitrogens is 1. The van der Waals surface area contributed by atoms with Crippen molar-refractivity contribution in [2.75, 3.05) is 5.32 Å². The SMILES string of the molecule is Cc1nc(-c2ccc(C(=O)Nc3ccccc3Cl)o2)cs1. The molecule has 21 heavy (non-hydrogen) atoms. The van der Waals surface area contributed by atoms with Crippen molar-refractivity contribution >= 4 is 34.5 Å². The molecule has 1 amide bonds. The number of furan rings is 1. The molecule has 0 aliphatic carbocycles. The number of amides is 1. The maximum absolute atomic E-state index is 12.1. The van der Waals surface area contributed by atoms with Crippen molar-refractivity contribution in [2.24, 2.45) is 0 Å². The number of hydrogen-bond acceptors (Lipinski definition) is 4. The van der Waals surface area contributed by atoms with Crippen molar-refractivity contribution in [2.45, 2.75) is 6.92 Å². The van der Waals surface area contributed by atoms with E-state index in [-0.39, 0.29) is 11.7 Å². The summed E-state index contributed by atoms with van der Waals surface area (Å²) in [7, 11) is 0. The van der Waals surface area contributed by atoms with Crippen LogP contribution >= 0.6 is 22.9 Å². The van der Waals surface area contributed by atoms with Gasteiger partial charge in [0.2, 0.25) is 0 Å². The summed E-state index contributed by atoms with van der Waals surface area (Å²) in [5.74, 6) is 0.445. The summed E-state index contributed by atoms with van der Waals surface area (Å²) in [4.78, 5) is 16.5. The van der Waals surface area contributed by atoms with Crippen LogP contribution in [0.1, 0.15) is 15.6 Å². The third-order valence-electron chi connectivity index (χ3n) is 2.82. The maximum atomic E-state index is 12.1. The standard InChI is InChI=1S/C15H11ClN2O2S/c1-9-17-12(8-21-9)13-6-7-14(20-13)15(19)18-11-5-3-2-4-10(11)16/h2-8H,1H3,(H,18,19). The molecular weight excluding hydrogens is 308 g/mol. The first-order valence-corrected chi connectivity index (χ1v) is 7.47. The molecule has 106 valence electrons. The molecule has 0 bridgehead atoms.